The molecule has 0 radical (unpaired) electrons. The second kappa shape index (κ2) is 7.83. The number of Topliss-reactive ketones (excluding diaryl/α,β-unsaturated/α-hetero) is 1. The Hall–Kier alpha value is -1.41. The molecule has 2 nitrogen and oxygen atoms in total. The molecule has 0 aliphatic rings. The third kappa shape index (κ3) is 4.11. The fourth-order valence-corrected chi connectivity index (χ4v) is 1.86. The number of rotatable bonds is 7. The lowest BCUT2D eigenvalue weighted by atomic mass is 9.95. The summed E-state index contributed by atoms with van der Waals surface area (Å²) in [7, 11) is 0. The molecule has 18 heavy (non-hydrogen) atoms. The van der Waals surface area contributed by atoms with E-state index in [2.05, 4.69) is 6.92 Å². The van der Waals surface area contributed by atoms with E-state index in [1.165, 1.54) is 0 Å². The van der Waals surface area contributed by atoms with Crippen molar-refractivity contribution < 1.29 is 9.90 Å². The van der Waals surface area contributed by atoms with Crippen LogP contribution in [0.2, 0.25) is 0 Å². The Morgan fingerprint density at radius 3 is 2.50 bits per heavy atom. The maximum Gasteiger partial charge on any atom is 0.161 e. The van der Waals surface area contributed by atoms with Crippen molar-refractivity contribution in [2.75, 3.05) is 0 Å². The van der Waals surface area contributed by atoms with Crippen molar-refractivity contribution in [2.24, 2.45) is 0 Å². The van der Waals surface area contributed by atoms with Gasteiger partial charge in [-0.2, -0.15) is 0 Å². The van der Waals surface area contributed by atoms with E-state index in [0.29, 0.717) is 12.0 Å². The lowest BCUT2D eigenvalue weighted by Gasteiger charge is -2.14. The Labute approximate surface area is 109 Å². The smallest absolute Gasteiger partial charge is 0.161 e. The first kappa shape index (κ1) is 14.7. The summed E-state index contributed by atoms with van der Waals surface area (Å²) in [6.45, 7) is 3.94. The molecule has 0 aliphatic carbocycles. The molecule has 0 fully saturated rings. The zero-order valence-corrected chi connectivity index (χ0v) is 11.2. The molecule has 1 N–H and O–H groups in total. The number of benzene rings is 1. The topological polar surface area (TPSA) is 37.3 Å². The number of hydrogen-bond donors (Lipinski definition) is 1. The summed E-state index contributed by atoms with van der Waals surface area (Å²) in [5, 5.41) is 10.3. The van der Waals surface area contributed by atoms with E-state index in [9.17, 15) is 9.90 Å². The van der Waals surface area contributed by atoms with Gasteiger partial charge in [-0.3, -0.25) is 4.79 Å². The van der Waals surface area contributed by atoms with Crippen molar-refractivity contribution in [3.05, 3.63) is 47.5 Å². The van der Waals surface area contributed by atoms with Crippen LogP contribution in [0.3, 0.4) is 0 Å². The highest BCUT2D eigenvalue weighted by Gasteiger charge is 2.18. The van der Waals surface area contributed by atoms with Gasteiger partial charge in [0.1, 0.15) is 6.10 Å². The van der Waals surface area contributed by atoms with E-state index in [1.807, 2.05) is 43.3 Å². The lowest BCUT2D eigenvalue weighted by molar-refractivity contribution is -0.116. The first-order chi connectivity index (χ1) is 8.70. The molecule has 98 valence electrons. The maximum atomic E-state index is 11.9. The second-order valence-corrected chi connectivity index (χ2v) is 4.39. The van der Waals surface area contributed by atoms with Gasteiger partial charge in [-0.05, 0) is 12.0 Å². The second-order valence-electron chi connectivity index (χ2n) is 4.39. The summed E-state index contributed by atoms with van der Waals surface area (Å²) in [4.78, 5) is 11.9. The number of hydrogen-bond acceptors (Lipinski definition) is 2. The van der Waals surface area contributed by atoms with Gasteiger partial charge >= 0.3 is 0 Å². The summed E-state index contributed by atoms with van der Waals surface area (Å²) in [5.41, 5.74) is 1.32. The van der Waals surface area contributed by atoms with E-state index < -0.39 is 6.10 Å². The normalized spacial score (nSPS) is 13.4. The highest BCUT2D eigenvalue weighted by molar-refractivity contribution is 5.96. The molecule has 1 atom stereocenters. The van der Waals surface area contributed by atoms with Gasteiger partial charge in [-0.1, -0.05) is 63.1 Å². The van der Waals surface area contributed by atoms with Crippen LogP contribution in [0.1, 0.15) is 51.2 Å². The molecule has 0 saturated carbocycles. The quantitative estimate of drug-likeness (QED) is 0.586. The Balaban J connectivity index is 2.89. The Bertz CT molecular complexity index is 393. The molecule has 2 heteroatoms. The highest BCUT2D eigenvalue weighted by Crippen LogP contribution is 2.23. The average molecular weight is 246 g/mol. The Kier molecular flexibility index (Phi) is 6.37. The minimum atomic E-state index is -0.796. The summed E-state index contributed by atoms with van der Waals surface area (Å²) < 4.78 is 0. The van der Waals surface area contributed by atoms with Crippen LogP contribution >= 0.6 is 0 Å². The van der Waals surface area contributed by atoms with Crippen LogP contribution < -0.4 is 0 Å². The highest BCUT2D eigenvalue weighted by atomic mass is 16.3. The van der Waals surface area contributed by atoms with E-state index in [4.69, 9.17) is 0 Å². The third-order valence-electron chi connectivity index (χ3n) is 2.97. The molecule has 0 bridgehead atoms. The lowest BCUT2D eigenvalue weighted by Crippen LogP contribution is -2.11. The fraction of sp³-hybridized carbons (Fsp3) is 0.438. The van der Waals surface area contributed by atoms with Crippen LogP contribution in [-0.4, -0.2) is 10.9 Å². The first-order valence-corrected chi connectivity index (χ1v) is 6.67. The minimum Gasteiger partial charge on any atom is -0.384 e. The summed E-state index contributed by atoms with van der Waals surface area (Å²) in [6, 6.07) is 9.35. The van der Waals surface area contributed by atoms with Crippen molar-refractivity contribution in [3.63, 3.8) is 0 Å². The van der Waals surface area contributed by atoms with Gasteiger partial charge in [0, 0.05) is 12.0 Å². The van der Waals surface area contributed by atoms with Gasteiger partial charge in [0.25, 0.3) is 0 Å². The number of carbonyl (C=O) groups is 1. The van der Waals surface area contributed by atoms with Crippen LogP contribution in [0.25, 0.3) is 0 Å². The Morgan fingerprint density at radius 1 is 1.28 bits per heavy atom. The largest absolute Gasteiger partial charge is 0.384 e. The van der Waals surface area contributed by atoms with Crippen LogP contribution in [0.5, 0.6) is 0 Å². The first-order valence-electron chi connectivity index (χ1n) is 6.67. The molecule has 1 unspecified atom stereocenters. The molecule has 1 aromatic carbocycles. The number of ketones is 1. The molecular formula is C16H22O2. The van der Waals surface area contributed by atoms with Crippen LogP contribution in [0.15, 0.2) is 42.0 Å². The van der Waals surface area contributed by atoms with Crippen LogP contribution in [0.4, 0.5) is 0 Å². The molecule has 0 spiro atoms. The molecule has 0 amide bonds. The monoisotopic (exact) mass is 246 g/mol. The van der Waals surface area contributed by atoms with Gasteiger partial charge in [-0.25, -0.2) is 0 Å². The predicted octanol–water partition coefficient (Wildman–Crippen LogP) is 3.82. The number of carbonyl (C=O) groups excluding carboxylic acids is 1. The van der Waals surface area contributed by atoms with Gasteiger partial charge in [0.2, 0.25) is 0 Å². The molecule has 0 aromatic heterocycles. The van der Waals surface area contributed by atoms with Gasteiger partial charge in [-0.15, -0.1) is 0 Å². The SMILES string of the molecule is CCCC/C=C(\C(=O)CC)C(O)c1ccccc1. The molecular weight excluding hydrogens is 224 g/mol. The molecule has 1 rings (SSSR count). The van der Waals surface area contributed by atoms with Crippen molar-refractivity contribution in [2.45, 2.75) is 45.6 Å². The van der Waals surface area contributed by atoms with Gasteiger partial charge in [0.15, 0.2) is 5.78 Å². The zero-order chi connectivity index (χ0) is 13.4. The number of aliphatic hydroxyl groups excluding tert-OH is 1. The third-order valence-corrected chi connectivity index (χ3v) is 2.97. The summed E-state index contributed by atoms with van der Waals surface area (Å²) in [6.07, 6.45) is 4.51. The van der Waals surface area contributed by atoms with Crippen molar-refractivity contribution >= 4 is 5.78 Å². The number of unbranched alkanes of at least 4 members (excludes halogenated alkanes) is 2. The standard InChI is InChI=1S/C16H22O2/c1-3-5-7-12-14(15(17)4-2)16(18)13-10-8-6-9-11-13/h6,8-12,16,18H,3-5,7H2,1-2H3/b14-12+. The minimum absolute atomic E-state index is 0.0301. The summed E-state index contributed by atoms with van der Waals surface area (Å²) in [5.74, 6) is 0.0301. The van der Waals surface area contributed by atoms with E-state index in [-0.39, 0.29) is 5.78 Å². The van der Waals surface area contributed by atoms with Crippen LogP contribution in [-0.2, 0) is 4.79 Å². The predicted molar refractivity (Wildman–Crippen MR) is 74.3 cm³/mol. The average Bonchev–Trinajstić information content (AvgIpc) is 2.43. The van der Waals surface area contributed by atoms with Crippen molar-refractivity contribution in [1.29, 1.82) is 0 Å². The molecule has 0 heterocycles. The van der Waals surface area contributed by atoms with Gasteiger partial charge < -0.3 is 5.11 Å². The fourth-order valence-electron chi connectivity index (χ4n) is 1.86. The van der Waals surface area contributed by atoms with Crippen molar-refractivity contribution in [3.8, 4) is 0 Å². The molecule has 1 aromatic rings. The maximum absolute atomic E-state index is 11.9. The van der Waals surface area contributed by atoms with E-state index in [0.717, 1.165) is 24.8 Å². The van der Waals surface area contributed by atoms with Crippen LogP contribution in [0, 0.1) is 0 Å². The van der Waals surface area contributed by atoms with E-state index >= 15 is 0 Å². The summed E-state index contributed by atoms with van der Waals surface area (Å²) >= 11 is 0. The van der Waals surface area contributed by atoms with Gasteiger partial charge in [0.05, 0.1) is 0 Å². The number of allylic oxidation sites excluding steroid dienone is 1. The zero-order valence-electron chi connectivity index (χ0n) is 11.2. The van der Waals surface area contributed by atoms with Crippen molar-refractivity contribution in [1.82, 2.24) is 0 Å². The van der Waals surface area contributed by atoms with E-state index in [1.54, 1.807) is 0 Å². The molecule has 0 aliphatic heterocycles. The Morgan fingerprint density at radius 2 is 1.94 bits per heavy atom. The number of aliphatic hydroxyl groups is 1. The molecule has 0 saturated heterocycles.